The van der Waals surface area contributed by atoms with Crippen molar-refractivity contribution in [3.63, 3.8) is 0 Å². The predicted molar refractivity (Wildman–Crippen MR) is 89.9 cm³/mol. The second-order valence-electron chi connectivity index (χ2n) is 6.30. The van der Waals surface area contributed by atoms with Crippen LogP contribution in [0.25, 0.3) is 0 Å². The van der Waals surface area contributed by atoms with Crippen molar-refractivity contribution in [2.75, 3.05) is 38.6 Å². The van der Waals surface area contributed by atoms with E-state index in [4.69, 9.17) is 4.98 Å². The van der Waals surface area contributed by atoms with Crippen molar-refractivity contribution >= 4 is 5.82 Å². The maximum absolute atomic E-state index is 4.74. The Kier molecular flexibility index (Phi) is 6.00. The molecule has 0 amide bonds. The molecule has 118 valence electrons. The maximum atomic E-state index is 4.74. The van der Waals surface area contributed by atoms with Gasteiger partial charge in [-0.15, -0.1) is 0 Å². The lowest BCUT2D eigenvalue weighted by Crippen LogP contribution is -2.42. The molecule has 0 spiro atoms. The molecule has 0 bridgehead atoms. The summed E-state index contributed by atoms with van der Waals surface area (Å²) in [6.45, 7) is 8.67. The number of nitrogens with one attached hydrogen (secondary N) is 1. The van der Waals surface area contributed by atoms with Crippen LogP contribution in [0.4, 0.5) is 5.82 Å². The number of rotatable bonds is 6. The molecule has 0 aliphatic carbocycles. The Labute approximate surface area is 129 Å². The van der Waals surface area contributed by atoms with E-state index >= 15 is 0 Å². The van der Waals surface area contributed by atoms with Gasteiger partial charge in [-0.1, -0.05) is 6.92 Å². The van der Waals surface area contributed by atoms with Crippen LogP contribution in [0.1, 0.15) is 37.4 Å². The van der Waals surface area contributed by atoms with Gasteiger partial charge in [-0.05, 0) is 70.6 Å². The number of hydrogen-bond donors (Lipinski definition) is 1. The second-order valence-corrected chi connectivity index (χ2v) is 6.30. The van der Waals surface area contributed by atoms with Crippen LogP contribution < -0.4 is 10.2 Å². The Morgan fingerprint density at radius 3 is 2.71 bits per heavy atom. The summed E-state index contributed by atoms with van der Waals surface area (Å²) in [6, 6.07) is 5.05. The fourth-order valence-electron chi connectivity index (χ4n) is 2.98. The number of aryl methyl sites for hydroxylation is 1. The van der Waals surface area contributed by atoms with Gasteiger partial charge in [0.1, 0.15) is 5.82 Å². The number of hydrogen-bond acceptors (Lipinski definition) is 4. The lowest BCUT2D eigenvalue weighted by atomic mass is 10.0. The molecule has 4 heteroatoms. The largest absolute Gasteiger partial charge is 0.357 e. The molecule has 0 saturated carbocycles. The molecule has 0 unspecified atom stereocenters. The van der Waals surface area contributed by atoms with Crippen molar-refractivity contribution < 1.29 is 0 Å². The first-order chi connectivity index (χ1) is 10.1. The first-order valence-corrected chi connectivity index (χ1v) is 8.19. The normalized spacial score (nSPS) is 17.1. The minimum Gasteiger partial charge on any atom is -0.357 e. The van der Waals surface area contributed by atoms with Gasteiger partial charge in [-0.2, -0.15) is 0 Å². The lowest BCUT2D eigenvalue weighted by Gasteiger charge is -2.36. The van der Waals surface area contributed by atoms with E-state index in [1.807, 2.05) is 0 Å². The van der Waals surface area contributed by atoms with E-state index in [2.05, 4.69) is 55.2 Å². The van der Waals surface area contributed by atoms with Gasteiger partial charge in [-0.3, -0.25) is 0 Å². The Balaban J connectivity index is 2.04. The van der Waals surface area contributed by atoms with Crippen LogP contribution in [-0.2, 0) is 6.54 Å². The molecule has 21 heavy (non-hydrogen) atoms. The molecule has 1 N–H and O–H groups in total. The van der Waals surface area contributed by atoms with Crippen LogP contribution in [-0.4, -0.2) is 49.7 Å². The molecule has 0 radical (unpaired) electrons. The minimum absolute atomic E-state index is 0.618. The predicted octanol–water partition coefficient (Wildman–Crippen LogP) is 2.42. The van der Waals surface area contributed by atoms with E-state index in [0.717, 1.165) is 24.6 Å². The molecule has 0 aromatic carbocycles. The van der Waals surface area contributed by atoms with Gasteiger partial charge in [0, 0.05) is 25.3 Å². The summed E-state index contributed by atoms with van der Waals surface area (Å²) in [6.07, 6.45) is 3.63. The first kappa shape index (κ1) is 16.2. The Morgan fingerprint density at radius 2 is 2.05 bits per heavy atom. The summed E-state index contributed by atoms with van der Waals surface area (Å²) in [4.78, 5) is 9.53. The highest BCUT2D eigenvalue weighted by Gasteiger charge is 2.21. The van der Waals surface area contributed by atoms with E-state index < -0.39 is 0 Å². The van der Waals surface area contributed by atoms with Gasteiger partial charge < -0.3 is 15.1 Å². The molecule has 1 aliphatic heterocycles. The molecule has 2 rings (SSSR count). The van der Waals surface area contributed by atoms with Crippen molar-refractivity contribution in [2.45, 2.75) is 45.7 Å². The van der Waals surface area contributed by atoms with Crippen LogP contribution in [0, 0.1) is 6.92 Å². The van der Waals surface area contributed by atoms with Crippen molar-refractivity contribution in [3.05, 3.63) is 23.4 Å². The number of likely N-dealkylation sites (tertiary alicyclic amines) is 1. The molecular formula is C17H30N4. The van der Waals surface area contributed by atoms with Crippen LogP contribution in [0.5, 0.6) is 0 Å². The average molecular weight is 290 g/mol. The Morgan fingerprint density at radius 1 is 1.33 bits per heavy atom. The third kappa shape index (κ3) is 4.68. The summed E-state index contributed by atoms with van der Waals surface area (Å²) >= 11 is 0. The van der Waals surface area contributed by atoms with Gasteiger partial charge >= 0.3 is 0 Å². The summed E-state index contributed by atoms with van der Waals surface area (Å²) < 4.78 is 0. The number of piperidine rings is 1. The van der Waals surface area contributed by atoms with Gasteiger partial charge in [0.15, 0.2) is 0 Å². The lowest BCUT2D eigenvalue weighted by molar-refractivity contribution is 0.252. The highest BCUT2D eigenvalue weighted by atomic mass is 15.2. The van der Waals surface area contributed by atoms with Crippen LogP contribution in [0.3, 0.4) is 0 Å². The zero-order chi connectivity index (χ0) is 15.2. The molecule has 4 nitrogen and oxygen atoms in total. The maximum Gasteiger partial charge on any atom is 0.129 e. The minimum atomic E-state index is 0.618. The van der Waals surface area contributed by atoms with Crippen molar-refractivity contribution in [3.8, 4) is 0 Å². The van der Waals surface area contributed by atoms with E-state index in [-0.39, 0.29) is 0 Å². The van der Waals surface area contributed by atoms with Gasteiger partial charge in [-0.25, -0.2) is 4.98 Å². The SMILES string of the molecule is CCCNCc1cc(C)nc(N(C)C2CCN(C)CC2)c1. The van der Waals surface area contributed by atoms with Crippen molar-refractivity contribution in [2.24, 2.45) is 0 Å². The second kappa shape index (κ2) is 7.76. The number of nitrogens with zero attached hydrogens (tertiary/aromatic N) is 3. The fourth-order valence-corrected chi connectivity index (χ4v) is 2.98. The molecule has 1 aromatic rings. The van der Waals surface area contributed by atoms with E-state index in [0.29, 0.717) is 6.04 Å². The first-order valence-electron chi connectivity index (χ1n) is 8.19. The fraction of sp³-hybridized carbons (Fsp3) is 0.706. The van der Waals surface area contributed by atoms with Crippen LogP contribution in [0.15, 0.2) is 12.1 Å². The molecule has 1 fully saturated rings. The topological polar surface area (TPSA) is 31.4 Å². The van der Waals surface area contributed by atoms with Gasteiger partial charge in [0.05, 0.1) is 0 Å². The molecule has 1 aliphatic rings. The monoisotopic (exact) mass is 290 g/mol. The summed E-state index contributed by atoms with van der Waals surface area (Å²) in [5.41, 5.74) is 2.45. The summed E-state index contributed by atoms with van der Waals surface area (Å²) in [5.74, 6) is 1.12. The number of anilines is 1. The van der Waals surface area contributed by atoms with Gasteiger partial charge in [0.25, 0.3) is 0 Å². The molecule has 2 heterocycles. The number of pyridine rings is 1. The zero-order valence-corrected chi connectivity index (χ0v) is 14.0. The van der Waals surface area contributed by atoms with Crippen LogP contribution >= 0.6 is 0 Å². The smallest absolute Gasteiger partial charge is 0.129 e. The Bertz CT molecular complexity index is 438. The molecular weight excluding hydrogens is 260 g/mol. The van der Waals surface area contributed by atoms with E-state index in [1.165, 1.54) is 37.9 Å². The molecule has 0 atom stereocenters. The van der Waals surface area contributed by atoms with Crippen LogP contribution in [0.2, 0.25) is 0 Å². The Hall–Kier alpha value is -1.13. The summed E-state index contributed by atoms with van der Waals surface area (Å²) in [7, 11) is 4.40. The van der Waals surface area contributed by atoms with Gasteiger partial charge in [0.2, 0.25) is 0 Å². The van der Waals surface area contributed by atoms with Crippen molar-refractivity contribution in [1.29, 1.82) is 0 Å². The quantitative estimate of drug-likeness (QED) is 0.815. The third-order valence-corrected chi connectivity index (χ3v) is 4.35. The van der Waals surface area contributed by atoms with E-state index in [9.17, 15) is 0 Å². The van der Waals surface area contributed by atoms with Crippen molar-refractivity contribution in [1.82, 2.24) is 15.2 Å². The standard InChI is InChI=1S/C17H30N4/c1-5-8-18-13-15-11-14(2)19-17(12-15)21(4)16-6-9-20(3)10-7-16/h11-12,16,18H,5-10,13H2,1-4H3. The zero-order valence-electron chi connectivity index (χ0n) is 14.0. The highest BCUT2D eigenvalue weighted by Crippen LogP contribution is 2.21. The summed E-state index contributed by atoms with van der Waals surface area (Å²) in [5, 5.41) is 3.48. The number of aromatic nitrogens is 1. The highest BCUT2D eigenvalue weighted by molar-refractivity contribution is 5.43. The molecule has 1 aromatic heterocycles. The van der Waals surface area contributed by atoms with E-state index in [1.54, 1.807) is 0 Å². The molecule has 1 saturated heterocycles. The average Bonchev–Trinajstić information content (AvgIpc) is 2.47. The third-order valence-electron chi connectivity index (χ3n) is 4.35.